The van der Waals surface area contributed by atoms with E-state index in [9.17, 15) is 9.59 Å². The van der Waals surface area contributed by atoms with Gasteiger partial charge in [-0.25, -0.2) is 14.6 Å². The maximum absolute atomic E-state index is 12.8. The summed E-state index contributed by atoms with van der Waals surface area (Å²) in [6.07, 6.45) is 0.868. The number of thiazole rings is 1. The predicted octanol–water partition coefficient (Wildman–Crippen LogP) is 6.02. The smallest absolute Gasteiger partial charge is 0.346 e. The first-order valence-electron chi connectivity index (χ1n) is 10.5. The molecule has 160 valence electrons. The average molecular weight is 452 g/mol. The number of aryl methyl sites for hydroxylation is 1. The molecule has 1 aliphatic carbocycles. The van der Waals surface area contributed by atoms with Gasteiger partial charge in [0.1, 0.15) is 16.3 Å². The van der Waals surface area contributed by atoms with E-state index in [1.165, 1.54) is 22.5 Å². The van der Waals surface area contributed by atoms with Gasteiger partial charge in [-0.2, -0.15) is 0 Å². The molecule has 0 radical (unpaired) electrons. The zero-order chi connectivity index (χ0) is 22.5. The second kappa shape index (κ2) is 7.53. The summed E-state index contributed by atoms with van der Waals surface area (Å²) in [5.41, 5.74) is 6.30. The summed E-state index contributed by atoms with van der Waals surface area (Å²) in [5, 5.41) is 3.24. The Kier molecular flexibility index (Phi) is 4.48. The highest BCUT2D eigenvalue weighted by atomic mass is 32.1. The van der Waals surface area contributed by atoms with Crippen molar-refractivity contribution in [3.63, 3.8) is 0 Å². The number of esters is 1. The fraction of sp³-hybridized carbons (Fsp3) is 0.0741. The first kappa shape index (κ1) is 19.6. The van der Waals surface area contributed by atoms with Gasteiger partial charge in [0.05, 0.1) is 11.1 Å². The number of nitrogens with zero attached hydrogens (tertiary/aromatic N) is 1. The lowest BCUT2D eigenvalue weighted by Crippen LogP contribution is -2.09. The largest absolute Gasteiger partial charge is 0.423 e. The summed E-state index contributed by atoms with van der Waals surface area (Å²) in [4.78, 5) is 29.7. The molecule has 0 spiro atoms. The number of fused-ring (bicyclic) bond motifs is 4. The van der Waals surface area contributed by atoms with Gasteiger partial charge in [0.2, 0.25) is 0 Å². The van der Waals surface area contributed by atoms with Gasteiger partial charge in [0.15, 0.2) is 0 Å². The minimum absolute atomic E-state index is 0.314. The van der Waals surface area contributed by atoms with Gasteiger partial charge >= 0.3 is 11.6 Å². The molecule has 0 saturated heterocycles. The van der Waals surface area contributed by atoms with Crippen LogP contribution in [0.2, 0.25) is 0 Å². The quantitative estimate of drug-likeness (QED) is 0.187. The van der Waals surface area contributed by atoms with E-state index in [0.29, 0.717) is 27.5 Å². The first-order chi connectivity index (χ1) is 16.0. The van der Waals surface area contributed by atoms with Gasteiger partial charge in [0, 0.05) is 22.5 Å². The Morgan fingerprint density at radius 3 is 2.67 bits per heavy atom. The highest BCUT2D eigenvalue weighted by molar-refractivity contribution is 7.13. The molecule has 0 bridgehead atoms. The number of carbonyl (C=O) groups excluding carboxylic acids is 1. The molecule has 2 heterocycles. The first-order valence-corrected chi connectivity index (χ1v) is 11.4. The van der Waals surface area contributed by atoms with Gasteiger partial charge in [0.25, 0.3) is 0 Å². The molecule has 3 aromatic carbocycles. The van der Waals surface area contributed by atoms with Crippen LogP contribution in [0.1, 0.15) is 27.2 Å². The second-order valence-corrected chi connectivity index (χ2v) is 8.89. The van der Waals surface area contributed by atoms with E-state index in [1.54, 1.807) is 30.3 Å². The van der Waals surface area contributed by atoms with Crippen molar-refractivity contribution in [2.75, 3.05) is 0 Å². The highest BCUT2D eigenvalue weighted by Gasteiger charge is 2.20. The zero-order valence-electron chi connectivity index (χ0n) is 17.6. The zero-order valence-corrected chi connectivity index (χ0v) is 18.4. The van der Waals surface area contributed by atoms with Crippen molar-refractivity contribution in [1.29, 1.82) is 0 Å². The molecule has 0 amide bonds. The molecule has 0 aliphatic heterocycles. The SMILES string of the molecule is Cc1csc(-c2cc3ccc(OC(=O)c4ccc5c(c4)-c4ccccc4C5)cc3oc2=O)n1. The molecule has 0 N–H and O–H groups in total. The van der Waals surface area contributed by atoms with Crippen molar-refractivity contribution in [1.82, 2.24) is 4.98 Å². The molecule has 0 saturated carbocycles. The van der Waals surface area contributed by atoms with Crippen molar-refractivity contribution in [3.05, 3.63) is 105 Å². The Bertz CT molecular complexity index is 1630. The van der Waals surface area contributed by atoms with E-state index >= 15 is 0 Å². The number of carbonyl (C=O) groups is 1. The van der Waals surface area contributed by atoms with Gasteiger partial charge < -0.3 is 9.15 Å². The minimum atomic E-state index is -0.474. The highest BCUT2D eigenvalue weighted by Crippen LogP contribution is 2.37. The van der Waals surface area contributed by atoms with E-state index in [0.717, 1.165) is 28.6 Å². The lowest BCUT2D eigenvalue weighted by atomic mass is 10.0. The fourth-order valence-electron chi connectivity index (χ4n) is 4.20. The van der Waals surface area contributed by atoms with Crippen LogP contribution in [0.25, 0.3) is 32.7 Å². The maximum Gasteiger partial charge on any atom is 0.346 e. The molecule has 2 aromatic heterocycles. The molecular weight excluding hydrogens is 434 g/mol. The lowest BCUT2D eigenvalue weighted by molar-refractivity contribution is 0.0735. The van der Waals surface area contributed by atoms with Crippen molar-refractivity contribution in [3.8, 4) is 27.4 Å². The van der Waals surface area contributed by atoms with E-state index < -0.39 is 11.6 Å². The summed E-state index contributed by atoms with van der Waals surface area (Å²) in [7, 11) is 0. The Morgan fingerprint density at radius 1 is 0.970 bits per heavy atom. The van der Waals surface area contributed by atoms with Crippen LogP contribution in [-0.2, 0) is 6.42 Å². The molecule has 6 heteroatoms. The Morgan fingerprint density at radius 2 is 1.82 bits per heavy atom. The fourth-order valence-corrected chi connectivity index (χ4v) is 5.00. The summed E-state index contributed by atoms with van der Waals surface area (Å²) in [6.45, 7) is 1.88. The average Bonchev–Trinajstić information content (AvgIpc) is 3.41. The minimum Gasteiger partial charge on any atom is -0.423 e. The normalized spacial score (nSPS) is 11.9. The molecule has 6 rings (SSSR count). The summed E-state index contributed by atoms with van der Waals surface area (Å²) in [5.74, 6) is -0.145. The summed E-state index contributed by atoms with van der Waals surface area (Å²) in [6, 6.07) is 20.6. The molecule has 33 heavy (non-hydrogen) atoms. The third-order valence-corrected chi connectivity index (χ3v) is 6.79. The van der Waals surface area contributed by atoms with Gasteiger partial charge in [-0.05, 0) is 65.9 Å². The van der Waals surface area contributed by atoms with Gasteiger partial charge in [-0.3, -0.25) is 0 Å². The molecule has 0 atom stereocenters. The molecule has 5 nitrogen and oxygen atoms in total. The number of rotatable bonds is 3. The lowest BCUT2D eigenvalue weighted by Gasteiger charge is -2.08. The Balaban J connectivity index is 1.29. The van der Waals surface area contributed by atoms with E-state index in [2.05, 4.69) is 17.1 Å². The number of aromatic nitrogens is 1. The Labute approximate surface area is 192 Å². The summed E-state index contributed by atoms with van der Waals surface area (Å²) >= 11 is 1.40. The van der Waals surface area contributed by atoms with Gasteiger partial charge in [-0.15, -0.1) is 11.3 Å². The van der Waals surface area contributed by atoms with Crippen molar-refractivity contribution in [2.45, 2.75) is 13.3 Å². The van der Waals surface area contributed by atoms with Crippen LogP contribution in [0.15, 0.2) is 81.3 Å². The standard InChI is InChI=1S/C27H17NO4S/c1-15-14-33-25(28-15)23-11-18-8-9-20(13-24(18)32-27(23)30)31-26(29)19-7-6-17-10-16-4-2-3-5-21(16)22(17)12-19/h2-9,11-14H,10H2,1H3. The predicted molar refractivity (Wildman–Crippen MR) is 128 cm³/mol. The van der Waals surface area contributed by atoms with Crippen LogP contribution < -0.4 is 10.4 Å². The van der Waals surface area contributed by atoms with E-state index in [-0.39, 0.29) is 0 Å². The van der Waals surface area contributed by atoms with E-state index in [4.69, 9.17) is 9.15 Å². The molecular formula is C27H17NO4S. The molecule has 0 fully saturated rings. The van der Waals surface area contributed by atoms with Crippen molar-refractivity contribution in [2.24, 2.45) is 0 Å². The monoisotopic (exact) mass is 451 g/mol. The van der Waals surface area contributed by atoms with Crippen LogP contribution in [0.4, 0.5) is 0 Å². The maximum atomic E-state index is 12.8. The third kappa shape index (κ3) is 3.45. The third-order valence-electron chi connectivity index (χ3n) is 5.80. The van der Waals surface area contributed by atoms with Crippen LogP contribution in [0, 0.1) is 6.92 Å². The van der Waals surface area contributed by atoms with E-state index in [1.807, 2.05) is 36.6 Å². The van der Waals surface area contributed by atoms with Crippen LogP contribution in [-0.4, -0.2) is 11.0 Å². The number of hydrogen-bond acceptors (Lipinski definition) is 6. The van der Waals surface area contributed by atoms with Crippen LogP contribution >= 0.6 is 11.3 Å². The van der Waals surface area contributed by atoms with Crippen LogP contribution in [0.5, 0.6) is 5.75 Å². The summed E-state index contributed by atoms with van der Waals surface area (Å²) < 4.78 is 11.1. The Hall–Kier alpha value is -4.03. The number of ether oxygens (including phenoxy) is 1. The molecule has 0 unspecified atom stereocenters. The van der Waals surface area contributed by atoms with Crippen molar-refractivity contribution >= 4 is 28.3 Å². The molecule has 5 aromatic rings. The number of hydrogen-bond donors (Lipinski definition) is 0. The second-order valence-electron chi connectivity index (χ2n) is 8.04. The van der Waals surface area contributed by atoms with Crippen LogP contribution in [0.3, 0.4) is 0 Å². The van der Waals surface area contributed by atoms with Gasteiger partial charge in [-0.1, -0.05) is 30.3 Å². The number of benzene rings is 3. The molecule has 1 aliphatic rings. The topological polar surface area (TPSA) is 69.4 Å². The van der Waals surface area contributed by atoms with Crippen molar-refractivity contribution < 1.29 is 13.9 Å².